The van der Waals surface area contributed by atoms with Crippen LogP contribution in [0.3, 0.4) is 0 Å². The summed E-state index contributed by atoms with van der Waals surface area (Å²) >= 11 is 3.22. The van der Waals surface area contributed by atoms with E-state index in [0.29, 0.717) is 5.92 Å². The Bertz CT molecular complexity index is 239. The summed E-state index contributed by atoms with van der Waals surface area (Å²) < 4.78 is 1.36. The molecule has 0 aliphatic carbocycles. The standard InChI is InChI=1S/C12H19NSe/c1-4-7-11(10(2)3)12(14)13-8-5-6-9-13/h4,11H,1-2,5-9H2,3H3. The Hall–Kier alpha value is -0.331. The molecule has 2 heteroatoms. The van der Waals surface area contributed by atoms with Gasteiger partial charge in [0.1, 0.15) is 0 Å². The zero-order valence-electron chi connectivity index (χ0n) is 8.96. The van der Waals surface area contributed by atoms with E-state index in [2.05, 4.69) is 40.6 Å². The molecule has 1 unspecified atom stereocenters. The van der Waals surface area contributed by atoms with Crippen LogP contribution in [-0.4, -0.2) is 38.1 Å². The number of allylic oxidation sites excluding steroid dienone is 1. The summed E-state index contributed by atoms with van der Waals surface area (Å²) in [6.07, 6.45) is 5.62. The Balaban J connectivity index is 2.61. The molecule has 0 aromatic heterocycles. The van der Waals surface area contributed by atoms with Crippen molar-refractivity contribution in [3.05, 3.63) is 24.8 Å². The number of likely N-dealkylation sites (tertiary alicyclic amines) is 1. The Morgan fingerprint density at radius 3 is 2.50 bits per heavy atom. The van der Waals surface area contributed by atoms with Crippen LogP contribution < -0.4 is 0 Å². The first-order valence-electron chi connectivity index (χ1n) is 5.22. The van der Waals surface area contributed by atoms with Crippen molar-refractivity contribution < 1.29 is 0 Å². The van der Waals surface area contributed by atoms with Crippen molar-refractivity contribution in [2.75, 3.05) is 13.1 Å². The number of rotatable bonds is 5. The summed E-state index contributed by atoms with van der Waals surface area (Å²) in [5, 5.41) is 0. The second-order valence-electron chi connectivity index (χ2n) is 3.96. The van der Waals surface area contributed by atoms with Gasteiger partial charge in [0.25, 0.3) is 0 Å². The molecule has 0 bridgehead atoms. The van der Waals surface area contributed by atoms with Crippen LogP contribution in [0.1, 0.15) is 26.2 Å². The number of hydrogen-bond acceptors (Lipinski definition) is 1. The third-order valence-electron chi connectivity index (χ3n) is 2.71. The Labute approximate surface area is 95.2 Å². The molecule has 1 nitrogen and oxygen atoms in total. The molecule has 1 aliphatic rings. The van der Waals surface area contributed by atoms with E-state index in [-0.39, 0.29) is 0 Å². The van der Waals surface area contributed by atoms with Crippen molar-refractivity contribution in [3.8, 4) is 0 Å². The van der Waals surface area contributed by atoms with E-state index in [1.54, 1.807) is 0 Å². The fourth-order valence-electron chi connectivity index (χ4n) is 1.84. The molecule has 1 rings (SSSR count). The van der Waals surface area contributed by atoms with Crippen LogP contribution in [0, 0.1) is 5.92 Å². The molecule has 1 saturated heterocycles. The van der Waals surface area contributed by atoms with Gasteiger partial charge in [-0.25, -0.2) is 0 Å². The minimum atomic E-state index is 0.450. The normalized spacial score (nSPS) is 17.9. The molecule has 0 spiro atoms. The average molecular weight is 256 g/mol. The Morgan fingerprint density at radius 2 is 2.07 bits per heavy atom. The number of hydrogen-bond donors (Lipinski definition) is 0. The van der Waals surface area contributed by atoms with Gasteiger partial charge in [-0.3, -0.25) is 0 Å². The summed E-state index contributed by atoms with van der Waals surface area (Å²) in [6.45, 7) is 12.4. The molecule has 0 radical (unpaired) electrons. The maximum absolute atomic E-state index is 4.05. The molecule has 0 aromatic rings. The molecule has 0 saturated carbocycles. The second kappa shape index (κ2) is 5.53. The second-order valence-corrected chi connectivity index (χ2v) is 4.83. The van der Waals surface area contributed by atoms with Crippen LogP contribution in [0.15, 0.2) is 24.8 Å². The van der Waals surface area contributed by atoms with E-state index < -0.39 is 0 Å². The molecule has 1 atom stereocenters. The minimum absolute atomic E-state index is 0.450. The van der Waals surface area contributed by atoms with Gasteiger partial charge in [-0.2, -0.15) is 0 Å². The Kier molecular flexibility index (Phi) is 4.64. The zero-order chi connectivity index (χ0) is 10.6. The van der Waals surface area contributed by atoms with Crippen LogP contribution >= 0.6 is 0 Å². The summed E-state index contributed by atoms with van der Waals surface area (Å²) in [7, 11) is 0. The van der Waals surface area contributed by atoms with E-state index >= 15 is 0 Å². The van der Waals surface area contributed by atoms with E-state index in [1.807, 2.05) is 6.08 Å². The van der Waals surface area contributed by atoms with E-state index in [0.717, 1.165) is 6.42 Å². The predicted molar refractivity (Wildman–Crippen MR) is 64.7 cm³/mol. The van der Waals surface area contributed by atoms with Crippen molar-refractivity contribution in [2.24, 2.45) is 5.92 Å². The molecule has 1 aliphatic heterocycles. The molecule has 1 heterocycles. The average Bonchev–Trinajstić information content (AvgIpc) is 2.65. The molecular weight excluding hydrogens is 237 g/mol. The fraction of sp³-hybridized carbons (Fsp3) is 0.583. The first-order chi connectivity index (χ1) is 6.66. The SMILES string of the molecule is C=CCC(C(=C)C)C(=[Se])N1CCCC1. The third kappa shape index (κ3) is 2.83. The van der Waals surface area contributed by atoms with Crippen LogP contribution in [-0.2, 0) is 0 Å². The number of nitrogens with zero attached hydrogens (tertiary/aromatic N) is 1. The zero-order valence-corrected chi connectivity index (χ0v) is 10.7. The van der Waals surface area contributed by atoms with E-state index in [9.17, 15) is 0 Å². The molecule has 14 heavy (non-hydrogen) atoms. The van der Waals surface area contributed by atoms with E-state index in [4.69, 9.17) is 0 Å². The van der Waals surface area contributed by atoms with Crippen molar-refractivity contribution in [1.82, 2.24) is 4.90 Å². The molecule has 78 valence electrons. The molecule has 0 N–H and O–H groups in total. The quantitative estimate of drug-likeness (QED) is 0.538. The van der Waals surface area contributed by atoms with Crippen molar-refractivity contribution in [1.29, 1.82) is 0 Å². The topological polar surface area (TPSA) is 3.24 Å². The first-order valence-corrected chi connectivity index (χ1v) is 6.07. The summed E-state index contributed by atoms with van der Waals surface area (Å²) in [5.41, 5.74) is 1.23. The fourth-order valence-corrected chi connectivity index (χ4v) is 2.84. The molecule has 0 amide bonds. The third-order valence-corrected chi connectivity index (χ3v) is 3.85. The van der Waals surface area contributed by atoms with Crippen molar-refractivity contribution in [3.63, 3.8) is 0 Å². The maximum atomic E-state index is 4.05. The summed E-state index contributed by atoms with van der Waals surface area (Å²) in [5.74, 6) is 0.450. The molecule has 0 aromatic carbocycles. The van der Waals surface area contributed by atoms with Gasteiger partial charge < -0.3 is 0 Å². The summed E-state index contributed by atoms with van der Waals surface area (Å²) in [4.78, 5) is 2.45. The monoisotopic (exact) mass is 257 g/mol. The Morgan fingerprint density at radius 1 is 1.50 bits per heavy atom. The van der Waals surface area contributed by atoms with E-state index in [1.165, 1.54) is 36.0 Å². The molecule has 1 fully saturated rings. The van der Waals surface area contributed by atoms with Gasteiger partial charge in [0.15, 0.2) is 0 Å². The van der Waals surface area contributed by atoms with Gasteiger partial charge in [-0.15, -0.1) is 0 Å². The van der Waals surface area contributed by atoms with Gasteiger partial charge in [-0.05, 0) is 0 Å². The van der Waals surface area contributed by atoms with Gasteiger partial charge in [0.2, 0.25) is 0 Å². The van der Waals surface area contributed by atoms with Crippen LogP contribution in [0.4, 0.5) is 0 Å². The van der Waals surface area contributed by atoms with Crippen LogP contribution in [0.5, 0.6) is 0 Å². The van der Waals surface area contributed by atoms with Gasteiger partial charge in [0.05, 0.1) is 0 Å². The predicted octanol–water partition coefficient (Wildman–Crippen LogP) is 2.15. The van der Waals surface area contributed by atoms with Crippen LogP contribution in [0.25, 0.3) is 0 Å². The van der Waals surface area contributed by atoms with Crippen LogP contribution in [0.2, 0.25) is 0 Å². The summed E-state index contributed by atoms with van der Waals surface area (Å²) in [6, 6.07) is 0. The molecular formula is C12H19NSe. The van der Waals surface area contributed by atoms with Crippen molar-refractivity contribution in [2.45, 2.75) is 26.2 Å². The van der Waals surface area contributed by atoms with Crippen molar-refractivity contribution >= 4 is 20.1 Å². The van der Waals surface area contributed by atoms with Gasteiger partial charge in [-0.1, -0.05) is 0 Å². The van der Waals surface area contributed by atoms with Gasteiger partial charge in [0, 0.05) is 0 Å². The van der Waals surface area contributed by atoms with Gasteiger partial charge >= 0.3 is 95.0 Å². The first kappa shape index (κ1) is 11.7.